The molecule has 0 bridgehead atoms. The van der Waals surface area contributed by atoms with Crippen molar-refractivity contribution in [3.63, 3.8) is 0 Å². The van der Waals surface area contributed by atoms with Gasteiger partial charge >= 0.3 is 0 Å². The molecule has 4 atom stereocenters. The van der Waals surface area contributed by atoms with Crippen LogP contribution in [0, 0.1) is 17.8 Å². The first-order valence-corrected chi connectivity index (χ1v) is 8.44. The fraction of sp³-hybridized carbons (Fsp3) is 0.778. The van der Waals surface area contributed by atoms with E-state index in [2.05, 4.69) is 6.08 Å². The van der Waals surface area contributed by atoms with Gasteiger partial charge in [-0.2, -0.15) is 0 Å². The van der Waals surface area contributed by atoms with Crippen LogP contribution in [0.3, 0.4) is 0 Å². The molecule has 0 aromatic carbocycles. The van der Waals surface area contributed by atoms with Crippen LogP contribution in [-0.2, 0) is 0 Å². The van der Waals surface area contributed by atoms with E-state index in [4.69, 9.17) is 0 Å². The average Bonchev–Trinajstić information content (AvgIpc) is 2.47. The number of rotatable bonds is 0. The summed E-state index contributed by atoms with van der Waals surface area (Å²) in [6.07, 6.45) is 15.6. The molecule has 0 radical (unpaired) electrons. The highest BCUT2D eigenvalue weighted by Gasteiger charge is 2.39. The summed E-state index contributed by atoms with van der Waals surface area (Å²) in [6, 6.07) is 0. The van der Waals surface area contributed by atoms with Gasteiger partial charge in [0.1, 0.15) is 0 Å². The Hall–Kier alpha value is -0.560. The quantitative estimate of drug-likeness (QED) is 0.639. The molecular formula is C18H26O. The molecule has 0 amide bonds. The van der Waals surface area contributed by atoms with Gasteiger partial charge in [-0.1, -0.05) is 30.1 Å². The number of aliphatic hydroxyl groups excluding tert-OH is 1. The van der Waals surface area contributed by atoms with E-state index in [9.17, 15) is 5.11 Å². The predicted octanol–water partition coefficient (Wildman–Crippen LogP) is 4.37. The number of hydrogen-bond donors (Lipinski definition) is 1. The zero-order valence-corrected chi connectivity index (χ0v) is 11.9. The van der Waals surface area contributed by atoms with E-state index in [1.54, 1.807) is 5.57 Å². The highest BCUT2D eigenvalue weighted by atomic mass is 16.3. The molecule has 0 aromatic heterocycles. The lowest BCUT2D eigenvalue weighted by molar-refractivity contribution is 0.158. The Morgan fingerprint density at radius 3 is 2.74 bits per heavy atom. The smallest absolute Gasteiger partial charge is 0.0756 e. The van der Waals surface area contributed by atoms with Crippen LogP contribution in [0.25, 0.3) is 0 Å². The molecule has 0 aliphatic heterocycles. The minimum atomic E-state index is -0.128. The first kappa shape index (κ1) is 12.2. The van der Waals surface area contributed by atoms with Crippen molar-refractivity contribution >= 4 is 0 Å². The fourth-order valence-electron chi connectivity index (χ4n) is 5.39. The van der Waals surface area contributed by atoms with Crippen LogP contribution in [0.1, 0.15) is 64.2 Å². The second-order valence-corrected chi connectivity index (χ2v) is 7.15. The van der Waals surface area contributed by atoms with E-state index >= 15 is 0 Å². The number of fused-ring (bicyclic) bond motifs is 4. The Kier molecular flexibility index (Phi) is 3.06. The summed E-state index contributed by atoms with van der Waals surface area (Å²) in [4.78, 5) is 0. The van der Waals surface area contributed by atoms with Crippen molar-refractivity contribution < 1.29 is 5.11 Å². The Labute approximate surface area is 116 Å². The van der Waals surface area contributed by atoms with Gasteiger partial charge in [-0.3, -0.25) is 0 Å². The van der Waals surface area contributed by atoms with Crippen LogP contribution in [0.2, 0.25) is 0 Å². The molecule has 0 aromatic rings. The number of allylic oxidation sites excluding steroid dienone is 3. The van der Waals surface area contributed by atoms with Crippen LogP contribution in [0.5, 0.6) is 0 Å². The Balaban J connectivity index is 1.66. The zero-order valence-electron chi connectivity index (χ0n) is 11.9. The van der Waals surface area contributed by atoms with Crippen molar-refractivity contribution in [3.05, 3.63) is 22.8 Å². The van der Waals surface area contributed by atoms with Gasteiger partial charge in [0.05, 0.1) is 6.10 Å². The second-order valence-electron chi connectivity index (χ2n) is 7.15. The molecule has 2 fully saturated rings. The van der Waals surface area contributed by atoms with Crippen LogP contribution in [-0.4, -0.2) is 11.2 Å². The lowest BCUT2D eigenvalue weighted by Crippen LogP contribution is -2.33. The van der Waals surface area contributed by atoms with E-state index < -0.39 is 0 Å². The SMILES string of the molecule is OC1CCCC2C1=CCC1=C2CCC2CCCCC12. The van der Waals surface area contributed by atoms with Crippen LogP contribution in [0.15, 0.2) is 22.8 Å². The second kappa shape index (κ2) is 4.77. The highest BCUT2D eigenvalue weighted by Crippen LogP contribution is 2.51. The molecule has 1 N–H and O–H groups in total. The van der Waals surface area contributed by atoms with E-state index in [-0.39, 0.29) is 6.10 Å². The molecule has 4 aliphatic rings. The highest BCUT2D eigenvalue weighted by molar-refractivity contribution is 5.38. The third kappa shape index (κ3) is 1.93. The van der Waals surface area contributed by atoms with Gasteiger partial charge in [0.2, 0.25) is 0 Å². The van der Waals surface area contributed by atoms with Crippen molar-refractivity contribution in [1.29, 1.82) is 0 Å². The van der Waals surface area contributed by atoms with Crippen molar-refractivity contribution in [2.24, 2.45) is 17.8 Å². The van der Waals surface area contributed by atoms with Crippen LogP contribution in [0.4, 0.5) is 0 Å². The first-order valence-electron chi connectivity index (χ1n) is 8.44. The summed E-state index contributed by atoms with van der Waals surface area (Å²) in [7, 11) is 0. The third-order valence-corrected chi connectivity index (χ3v) is 6.29. The Bertz CT molecular complexity index is 431. The molecule has 0 heterocycles. The Morgan fingerprint density at radius 1 is 0.895 bits per heavy atom. The molecule has 0 spiro atoms. The summed E-state index contributed by atoms with van der Waals surface area (Å²) < 4.78 is 0. The van der Waals surface area contributed by atoms with Crippen LogP contribution < -0.4 is 0 Å². The molecule has 1 heteroatoms. The Morgan fingerprint density at radius 2 is 1.79 bits per heavy atom. The van der Waals surface area contributed by atoms with Gasteiger partial charge in [0, 0.05) is 5.92 Å². The summed E-state index contributed by atoms with van der Waals surface area (Å²) in [6.45, 7) is 0. The normalized spacial score (nSPS) is 42.1. The van der Waals surface area contributed by atoms with Gasteiger partial charge in [0.15, 0.2) is 0 Å². The summed E-state index contributed by atoms with van der Waals surface area (Å²) in [5.41, 5.74) is 4.98. The van der Waals surface area contributed by atoms with E-state index in [0.29, 0.717) is 5.92 Å². The van der Waals surface area contributed by atoms with Crippen molar-refractivity contribution in [2.45, 2.75) is 70.3 Å². The fourth-order valence-corrected chi connectivity index (χ4v) is 5.39. The largest absolute Gasteiger partial charge is 0.389 e. The van der Waals surface area contributed by atoms with Crippen molar-refractivity contribution in [1.82, 2.24) is 0 Å². The number of aliphatic hydroxyl groups is 1. The molecule has 4 unspecified atom stereocenters. The van der Waals surface area contributed by atoms with Crippen LogP contribution >= 0.6 is 0 Å². The van der Waals surface area contributed by atoms with E-state index in [1.165, 1.54) is 63.4 Å². The van der Waals surface area contributed by atoms with Crippen molar-refractivity contribution in [2.75, 3.05) is 0 Å². The molecule has 104 valence electrons. The summed E-state index contributed by atoms with van der Waals surface area (Å²) in [5.74, 6) is 2.54. The first-order chi connectivity index (χ1) is 9.34. The topological polar surface area (TPSA) is 20.2 Å². The molecular weight excluding hydrogens is 232 g/mol. The van der Waals surface area contributed by atoms with E-state index in [0.717, 1.165) is 18.3 Å². The molecule has 1 nitrogen and oxygen atoms in total. The third-order valence-electron chi connectivity index (χ3n) is 6.29. The predicted molar refractivity (Wildman–Crippen MR) is 77.8 cm³/mol. The maximum absolute atomic E-state index is 10.2. The van der Waals surface area contributed by atoms with Gasteiger partial charge < -0.3 is 5.11 Å². The monoisotopic (exact) mass is 258 g/mol. The molecule has 19 heavy (non-hydrogen) atoms. The molecule has 0 saturated heterocycles. The van der Waals surface area contributed by atoms with Gasteiger partial charge in [-0.05, 0) is 68.8 Å². The average molecular weight is 258 g/mol. The minimum absolute atomic E-state index is 0.128. The van der Waals surface area contributed by atoms with Crippen molar-refractivity contribution in [3.8, 4) is 0 Å². The minimum Gasteiger partial charge on any atom is -0.389 e. The van der Waals surface area contributed by atoms with Gasteiger partial charge in [-0.15, -0.1) is 0 Å². The standard InChI is InChI=1S/C18H26O/c19-18-7-3-6-14-16-9-8-12-4-1-2-5-13(12)15(16)10-11-17(14)18/h11-14,18-19H,1-10H2. The maximum Gasteiger partial charge on any atom is 0.0756 e. The molecule has 2 saturated carbocycles. The van der Waals surface area contributed by atoms with Gasteiger partial charge in [0.25, 0.3) is 0 Å². The summed E-state index contributed by atoms with van der Waals surface area (Å²) in [5, 5.41) is 10.2. The molecule has 4 aliphatic carbocycles. The zero-order chi connectivity index (χ0) is 12.8. The maximum atomic E-state index is 10.2. The lowest BCUT2D eigenvalue weighted by Gasteiger charge is -2.45. The molecule has 4 rings (SSSR count). The lowest BCUT2D eigenvalue weighted by atomic mass is 9.61. The van der Waals surface area contributed by atoms with Gasteiger partial charge in [-0.25, -0.2) is 0 Å². The summed E-state index contributed by atoms with van der Waals surface area (Å²) >= 11 is 0. The van der Waals surface area contributed by atoms with E-state index in [1.807, 2.05) is 5.57 Å². The number of hydrogen-bond acceptors (Lipinski definition) is 1.